The second-order valence-electron chi connectivity index (χ2n) is 2.22. The molecule has 1 aromatic heterocycles. The number of hydrogen-bond donors (Lipinski definition) is 0. The Labute approximate surface area is 84.3 Å². The molecule has 2 nitrogen and oxygen atoms in total. The molecular weight excluding hydrogens is 239 g/mol. The van der Waals surface area contributed by atoms with Crippen LogP contribution in [0.15, 0.2) is 10.5 Å². The van der Waals surface area contributed by atoms with E-state index in [4.69, 9.17) is 16.9 Å². The van der Waals surface area contributed by atoms with Gasteiger partial charge < -0.3 is 0 Å². The molecule has 1 heterocycles. The molecule has 0 saturated heterocycles. The molecule has 0 aliphatic carbocycles. The largest absolute Gasteiger partial charge is 0.239 e. The third-order valence-electron chi connectivity index (χ3n) is 1.46. The summed E-state index contributed by atoms with van der Waals surface area (Å²) < 4.78 is 0.839. The SMILES string of the molecule is CCc1nc(Cl)c(C#N)cc1Br. The minimum atomic E-state index is 0.276. The molecule has 1 rings (SSSR count). The molecule has 12 heavy (non-hydrogen) atoms. The highest BCUT2D eigenvalue weighted by molar-refractivity contribution is 9.10. The molecule has 0 unspecified atom stereocenters. The molecule has 0 aliphatic rings. The number of aromatic nitrogens is 1. The summed E-state index contributed by atoms with van der Waals surface area (Å²) in [5, 5.41) is 8.89. The number of nitriles is 1. The van der Waals surface area contributed by atoms with Gasteiger partial charge >= 0.3 is 0 Å². The molecule has 4 heteroatoms. The van der Waals surface area contributed by atoms with E-state index in [0.717, 1.165) is 16.6 Å². The van der Waals surface area contributed by atoms with Crippen molar-refractivity contribution in [3.8, 4) is 6.07 Å². The summed E-state index contributed by atoms with van der Waals surface area (Å²) in [5.41, 5.74) is 1.28. The fraction of sp³-hybridized carbons (Fsp3) is 0.250. The summed E-state index contributed by atoms with van der Waals surface area (Å²) in [6.45, 7) is 1.98. The van der Waals surface area contributed by atoms with Crippen molar-refractivity contribution in [1.29, 1.82) is 5.26 Å². The van der Waals surface area contributed by atoms with Crippen LogP contribution < -0.4 is 0 Å². The summed E-state index contributed by atoms with van der Waals surface area (Å²) in [5.74, 6) is 0. The van der Waals surface area contributed by atoms with Crippen molar-refractivity contribution in [2.75, 3.05) is 0 Å². The number of hydrogen-bond acceptors (Lipinski definition) is 2. The fourth-order valence-electron chi connectivity index (χ4n) is 0.828. The van der Waals surface area contributed by atoms with E-state index in [9.17, 15) is 0 Å². The van der Waals surface area contributed by atoms with Crippen molar-refractivity contribution in [3.63, 3.8) is 0 Å². The van der Waals surface area contributed by atoms with Crippen LogP contribution >= 0.6 is 27.5 Å². The predicted molar refractivity (Wildman–Crippen MR) is 51.0 cm³/mol. The summed E-state index contributed by atoms with van der Waals surface area (Å²) in [4.78, 5) is 4.06. The van der Waals surface area contributed by atoms with Gasteiger partial charge in [0.05, 0.1) is 11.3 Å². The first-order valence-electron chi connectivity index (χ1n) is 3.44. The summed E-state index contributed by atoms with van der Waals surface area (Å²) in [6.07, 6.45) is 0.798. The normalized spacial score (nSPS) is 9.50. The summed E-state index contributed by atoms with van der Waals surface area (Å²) in [6, 6.07) is 3.65. The molecule has 0 aliphatic heterocycles. The average Bonchev–Trinajstić information content (AvgIpc) is 2.08. The van der Waals surface area contributed by atoms with Crippen LogP contribution in [0.3, 0.4) is 0 Å². The Morgan fingerprint density at radius 3 is 2.92 bits per heavy atom. The number of rotatable bonds is 1. The Balaban J connectivity index is 3.28. The lowest BCUT2D eigenvalue weighted by atomic mass is 10.2. The number of pyridine rings is 1. The molecule has 0 fully saturated rings. The Morgan fingerprint density at radius 2 is 2.42 bits per heavy atom. The average molecular weight is 246 g/mol. The van der Waals surface area contributed by atoms with Gasteiger partial charge in [-0.3, -0.25) is 0 Å². The minimum Gasteiger partial charge on any atom is -0.239 e. The molecule has 0 spiro atoms. The zero-order valence-electron chi connectivity index (χ0n) is 6.43. The Bertz CT molecular complexity index is 343. The second kappa shape index (κ2) is 3.88. The van der Waals surface area contributed by atoms with Gasteiger partial charge in [-0.2, -0.15) is 5.26 Å². The standard InChI is InChI=1S/C8H6BrClN2/c1-2-7-6(9)3-5(4-11)8(10)12-7/h3H,2H2,1H3. The maximum atomic E-state index is 8.61. The van der Waals surface area contributed by atoms with Gasteiger partial charge in [-0.05, 0) is 28.4 Å². The molecule has 0 saturated carbocycles. The lowest BCUT2D eigenvalue weighted by molar-refractivity contribution is 1.02. The molecule has 0 atom stereocenters. The van der Waals surface area contributed by atoms with Gasteiger partial charge in [0.2, 0.25) is 0 Å². The van der Waals surface area contributed by atoms with Crippen LogP contribution in [0, 0.1) is 11.3 Å². The van der Waals surface area contributed by atoms with E-state index in [-0.39, 0.29) is 5.15 Å². The van der Waals surface area contributed by atoms with Gasteiger partial charge in [0, 0.05) is 4.47 Å². The van der Waals surface area contributed by atoms with Gasteiger partial charge in [-0.25, -0.2) is 4.98 Å². The van der Waals surface area contributed by atoms with E-state index in [1.807, 2.05) is 13.0 Å². The third-order valence-corrected chi connectivity index (χ3v) is 2.43. The molecule has 1 aromatic rings. The van der Waals surface area contributed by atoms with Crippen LogP contribution in [-0.2, 0) is 6.42 Å². The molecule has 62 valence electrons. The lowest BCUT2D eigenvalue weighted by Gasteiger charge is -2.01. The minimum absolute atomic E-state index is 0.276. The van der Waals surface area contributed by atoms with Gasteiger partial charge in [0.15, 0.2) is 0 Å². The van der Waals surface area contributed by atoms with Crippen molar-refractivity contribution >= 4 is 27.5 Å². The second-order valence-corrected chi connectivity index (χ2v) is 3.43. The smallest absolute Gasteiger partial charge is 0.147 e. The highest BCUT2D eigenvalue weighted by atomic mass is 79.9. The molecule has 0 radical (unpaired) electrons. The van der Waals surface area contributed by atoms with Crippen LogP contribution in [0.5, 0.6) is 0 Å². The fourth-order valence-corrected chi connectivity index (χ4v) is 1.62. The first kappa shape index (κ1) is 9.50. The van der Waals surface area contributed by atoms with E-state index < -0.39 is 0 Å². The quantitative estimate of drug-likeness (QED) is 0.713. The van der Waals surface area contributed by atoms with Crippen LogP contribution in [-0.4, -0.2) is 4.98 Å². The van der Waals surface area contributed by atoms with E-state index >= 15 is 0 Å². The number of aryl methyl sites for hydroxylation is 1. The van der Waals surface area contributed by atoms with Crippen LogP contribution in [0.2, 0.25) is 5.15 Å². The Morgan fingerprint density at radius 1 is 1.75 bits per heavy atom. The summed E-state index contributed by atoms with van der Waals surface area (Å²) >= 11 is 9.04. The Hall–Kier alpha value is -0.590. The van der Waals surface area contributed by atoms with Crippen molar-refractivity contribution in [1.82, 2.24) is 4.98 Å². The van der Waals surface area contributed by atoms with Crippen LogP contribution in [0.25, 0.3) is 0 Å². The van der Waals surface area contributed by atoms with Crippen LogP contribution in [0.4, 0.5) is 0 Å². The predicted octanol–water partition coefficient (Wildman–Crippen LogP) is 2.93. The zero-order valence-corrected chi connectivity index (χ0v) is 8.78. The maximum absolute atomic E-state index is 8.61. The van der Waals surface area contributed by atoms with E-state index in [1.165, 1.54) is 0 Å². The van der Waals surface area contributed by atoms with Crippen molar-refractivity contribution in [2.45, 2.75) is 13.3 Å². The van der Waals surface area contributed by atoms with Crippen molar-refractivity contribution in [2.24, 2.45) is 0 Å². The monoisotopic (exact) mass is 244 g/mol. The zero-order chi connectivity index (χ0) is 9.14. The van der Waals surface area contributed by atoms with E-state index in [0.29, 0.717) is 5.56 Å². The number of halogens is 2. The summed E-state index contributed by atoms with van der Waals surface area (Å²) in [7, 11) is 0. The van der Waals surface area contributed by atoms with Gasteiger partial charge in [0.25, 0.3) is 0 Å². The van der Waals surface area contributed by atoms with Gasteiger partial charge in [0.1, 0.15) is 11.2 Å². The van der Waals surface area contributed by atoms with Crippen molar-refractivity contribution in [3.05, 3.63) is 26.9 Å². The molecule has 0 bridgehead atoms. The lowest BCUT2D eigenvalue weighted by Crippen LogP contribution is -1.92. The van der Waals surface area contributed by atoms with Gasteiger partial charge in [-0.15, -0.1) is 0 Å². The maximum Gasteiger partial charge on any atom is 0.147 e. The first-order chi connectivity index (χ1) is 5.69. The highest BCUT2D eigenvalue weighted by Crippen LogP contribution is 2.21. The van der Waals surface area contributed by atoms with Gasteiger partial charge in [-0.1, -0.05) is 18.5 Å². The topological polar surface area (TPSA) is 36.7 Å². The molecular formula is C8H6BrClN2. The third kappa shape index (κ3) is 1.77. The molecule has 0 amide bonds. The number of nitrogens with zero attached hydrogens (tertiary/aromatic N) is 2. The molecule has 0 aromatic carbocycles. The van der Waals surface area contributed by atoms with E-state index in [1.54, 1.807) is 6.07 Å². The molecule has 0 N–H and O–H groups in total. The van der Waals surface area contributed by atoms with E-state index in [2.05, 4.69) is 20.9 Å². The first-order valence-corrected chi connectivity index (χ1v) is 4.61. The van der Waals surface area contributed by atoms with Crippen molar-refractivity contribution < 1.29 is 0 Å². The highest BCUT2D eigenvalue weighted by Gasteiger charge is 2.06. The van der Waals surface area contributed by atoms with Crippen LogP contribution in [0.1, 0.15) is 18.2 Å². The Kier molecular flexibility index (Phi) is 3.07.